The molecule has 0 spiro atoms. The maximum atomic E-state index is 11.5. The van der Waals surface area contributed by atoms with Crippen LogP contribution in [-0.2, 0) is 4.79 Å². The van der Waals surface area contributed by atoms with Gasteiger partial charge in [0, 0.05) is 13.6 Å². The van der Waals surface area contributed by atoms with Crippen LogP contribution in [0.15, 0.2) is 0 Å². The quantitative estimate of drug-likeness (QED) is 0.743. The van der Waals surface area contributed by atoms with E-state index in [-0.39, 0.29) is 11.4 Å². The molecule has 0 aromatic carbocycles. The van der Waals surface area contributed by atoms with E-state index in [1.54, 1.807) is 7.05 Å². The summed E-state index contributed by atoms with van der Waals surface area (Å²) in [6, 6.07) is -1.22. The minimum atomic E-state index is -1.03. The van der Waals surface area contributed by atoms with E-state index in [1.807, 2.05) is 20.8 Å². The van der Waals surface area contributed by atoms with Crippen LogP contribution < -0.4 is 5.32 Å². The van der Waals surface area contributed by atoms with Crippen molar-refractivity contribution < 1.29 is 14.7 Å². The van der Waals surface area contributed by atoms with Crippen molar-refractivity contribution in [1.82, 2.24) is 10.2 Å². The fraction of sp³-hybridized carbons (Fsp3) is 0.800. The Balaban J connectivity index is 4.17. The van der Waals surface area contributed by atoms with Gasteiger partial charge < -0.3 is 15.3 Å². The number of rotatable bonds is 3. The topological polar surface area (TPSA) is 69.6 Å². The first-order chi connectivity index (χ1) is 6.63. The van der Waals surface area contributed by atoms with Crippen LogP contribution in [0.2, 0.25) is 0 Å². The molecular weight excluding hydrogens is 196 g/mol. The van der Waals surface area contributed by atoms with Crippen molar-refractivity contribution >= 4 is 12.0 Å². The van der Waals surface area contributed by atoms with Crippen molar-refractivity contribution in [3.8, 4) is 0 Å². The van der Waals surface area contributed by atoms with Gasteiger partial charge in [0.15, 0.2) is 0 Å². The predicted molar refractivity (Wildman–Crippen MR) is 57.7 cm³/mol. The monoisotopic (exact) mass is 216 g/mol. The average Bonchev–Trinajstić information content (AvgIpc) is 2.00. The fourth-order valence-electron chi connectivity index (χ4n) is 1.14. The highest BCUT2D eigenvalue weighted by atomic mass is 16.4. The van der Waals surface area contributed by atoms with Gasteiger partial charge in [0.2, 0.25) is 0 Å². The van der Waals surface area contributed by atoms with Crippen LogP contribution in [0, 0.1) is 5.41 Å². The molecule has 0 fully saturated rings. The van der Waals surface area contributed by atoms with Crippen LogP contribution in [0.3, 0.4) is 0 Å². The lowest BCUT2D eigenvalue weighted by Crippen LogP contribution is -2.47. The van der Waals surface area contributed by atoms with Gasteiger partial charge >= 0.3 is 12.0 Å². The Kier molecular flexibility index (Phi) is 4.58. The van der Waals surface area contributed by atoms with Crippen molar-refractivity contribution in [2.45, 2.75) is 33.7 Å². The third kappa shape index (κ3) is 5.93. The van der Waals surface area contributed by atoms with E-state index >= 15 is 0 Å². The zero-order valence-corrected chi connectivity index (χ0v) is 10.00. The summed E-state index contributed by atoms with van der Waals surface area (Å²) in [7, 11) is 1.65. The second kappa shape index (κ2) is 5.00. The van der Waals surface area contributed by atoms with Crippen molar-refractivity contribution in [2.75, 3.05) is 13.6 Å². The van der Waals surface area contributed by atoms with Gasteiger partial charge in [-0.05, 0) is 12.3 Å². The van der Waals surface area contributed by atoms with E-state index in [2.05, 4.69) is 5.32 Å². The van der Waals surface area contributed by atoms with E-state index < -0.39 is 12.0 Å². The Morgan fingerprint density at radius 1 is 1.40 bits per heavy atom. The lowest BCUT2D eigenvalue weighted by Gasteiger charge is -2.27. The largest absolute Gasteiger partial charge is 0.480 e. The number of carboxylic acids is 1. The molecule has 0 radical (unpaired) electrons. The van der Waals surface area contributed by atoms with Crippen LogP contribution in [0.25, 0.3) is 0 Å². The summed E-state index contributed by atoms with van der Waals surface area (Å²) >= 11 is 0. The zero-order valence-electron chi connectivity index (χ0n) is 10.00. The SMILES string of the molecule is C[C@@H](NC(=O)N(C)CC(C)(C)C)C(=O)O. The van der Waals surface area contributed by atoms with Crippen LogP contribution in [0.1, 0.15) is 27.7 Å². The lowest BCUT2D eigenvalue weighted by atomic mass is 9.96. The van der Waals surface area contributed by atoms with Gasteiger partial charge in [-0.1, -0.05) is 20.8 Å². The van der Waals surface area contributed by atoms with Gasteiger partial charge in [-0.3, -0.25) is 4.79 Å². The minimum Gasteiger partial charge on any atom is -0.480 e. The number of aliphatic carboxylic acids is 1. The zero-order chi connectivity index (χ0) is 12.2. The Labute approximate surface area is 90.5 Å². The van der Waals surface area contributed by atoms with Gasteiger partial charge in [0.05, 0.1) is 0 Å². The molecule has 0 unspecified atom stereocenters. The van der Waals surface area contributed by atoms with Gasteiger partial charge in [-0.15, -0.1) is 0 Å². The summed E-state index contributed by atoms with van der Waals surface area (Å²) in [6.45, 7) is 8.04. The molecule has 0 aliphatic rings. The van der Waals surface area contributed by atoms with E-state index in [9.17, 15) is 9.59 Å². The number of hydrogen-bond donors (Lipinski definition) is 2. The molecular formula is C10H20N2O3. The molecule has 5 heteroatoms. The Bertz CT molecular complexity index is 246. The minimum absolute atomic E-state index is 0.00144. The number of carbonyl (C=O) groups is 2. The number of nitrogens with zero attached hydrogens (tertiary/aromatic N) is 1. The summed E-state index contributed by atoms with van der Waals surface area (Å²) in [5.74, 6) is -1.03. The fourth-order valence-corrected chi connectivity index (χ4v) is 1.14. The maximum Gasteiger partial charge on any atom is 0.325 e. The molecule has 0 saturated heterocycles. The summed E-state index contributed by atoms with van der Waals surface area (Å²) in [5.41, 5.74) is -0.00144. The second-order valence-corrected chi connectivity index (χ2v) is 4.93. The molecule has 0 aliphatic carbocycles. The van der Waals surface area contributed by atoms with Gasteiger partial charge in [-0.2, -0.15) is 0 Å². The second-order valence-electron chi connectivity index (χ2n) is 4.93. The first-order valence-electron chi connectivity index (χ1n) is 4.88. The van der Waals surface area contributed by atoms with Crippen molar-refractivity contribution in [3.05, 3.63) is 0 Å². The predicted octanol–water partition coefficient (Wildman–Crippen LogP) is 1.15. The molecule has 0 rings (SSSR count). The van der Waals surface area contributed by atoms with Crippen LogP contribution in [0.4, 0.5) is 4.79 Å². The Morgan fingerprint density at radius 3 is 2.20 bits per heavy atom. The summed E-state index contributed by atoms with van der Waals surface area (Å²) in [4.78, 5) is 23.5. The molecule has 88 valence electrons. The first-order valence-corrected chi connectivity index (χ1v) is 4.88. The molecule has 2 amide bonds. The van der Waals surface area contributed by atoms with E-state index in [0.717, 1.165) is 0 Å². The summed E-state index contributed by atoms with van der Waals surface area (Å²) in [6.07, 6.45) is 0. The Hall–Kier alpha value is -1.26. The van der Waals surface area contributed by atoms with Gasteiger partial charge in [0.25, 0.3) is 0 Å². The third-order valence-electron chi connectivity index (χ3n) is 1.77. The van der Waals surface area contributed by atoms with Crippen LogP contribution in [0.5, 0.6) is 0 Å². The standard InChI is InChI=1S/C10H20N2O3/c1-7(8(13)14)11-9(15)12(5)6-10(2,3)4/h7H,6H2,1-5H3,(H,11,15)(H,13,14)/t7-/m1/s1. The summed E-state index contributed by atoms with van der Waals surface area (Å²) in [5, 5.41) is 11.0. The number of carboxylic acid groups (broad SMARTS) is 1. The normalized spacial score (nSPS) is 13.1. The van der Waals surface area contributed by atoms with Gasteiger partial charge in [0.1, 0.15) is 6.04 Å². The molecule has 15 heavy (non-hydrogen) atoms. The van der Waals surface area contributed by atoms with Gasteiger partial charge in [-0.25, -0.2) is 4.79 Å². The highest BCUT2D eigenvalue weighted by molar-refractivity contribution is 5.82. The molecule has 0 heterocycles. The Morgan fingerprint density at radius 2 is 1.87 bits per heavy atom. The third-order valence-corrected chi connectivity index (χ3v) is 1.77. The molecule has 0 aromatic heterocycles. The van der Waals surface area contributed by atoms with Crippen molar-refractivity contribution in [3.63, 3.8) is 0 Å². The highest BCUT2D eigenvalue weighted by Gasteiger charge is 2.20. The maximum absolute atomic E-state index is 11.5. The first kappa shape index (κ1) is 13.7. The number of nitrogens with one attached hydrogen (secondary N) is 1. The van der Waals surface area contributed by atoms with Crippen LogP contribution >= 0.6 is 0 Å². The number of urea groups is 1. The highest BCUT2D eigenvalue weighted by Crippen LogP contribution is 2.13. The lowest BCUT2D eigenvalue weighted by molar-refractivity contribution is -0.138. The molecule has 0 aliphatic heterocycles. The van der Waals surface area contributed by atoms with E-state index in [0.29, 0.717) is 6.54 Å². The molecule has 0 bridgehead atoms. The van der Waals surface area contributed by atoms with E-state index in [4.69, 9.17) is 5.11 Å². The molecule has 5 nitrogen and oxygen atoms in total. The number of amides is 2. The van der Waals surface area contributed by atoms with Crippen molar-refractivity contribution in [2.24, 2.45) is 5.41 Å². The molecule has 1 atom stereocenters. The average molecular weight is 216 g/mol. The summed E-state index contributed by atoms with van der Waals surface area (Å²) < 4.78 is 0. The number of hydrogen-bond acceptors (Lipinski definition) is 2. The van der Waals surface area contributed by atoms with Crippen molar-refractivity contribution in [1.29, 1.82) is 0 Å². The number of carbonyl (C=O) groups excluding carboxylic acids is 1. The van der Waals surface area contributed by atoms with Crippen LogP contribution in [-0.4, -0.2) is 41.6 Å². The molecule has 0 saturated carbocycles. The molecule has 0 aromatic rings. The van der Waals surface area contributed by atoms with E-state index in [1.165, 1.54) is 11.8 Å². The molecule has 2 N–H and O–H groups in total. The smallest absolute Gasteiger partial charge is 0.325 e.